The third-order valence-corrected chi connectivity index (χ3v) is 4.37. The second-order valence-corrected chi connectivity index (χ2v) is 6.42. The topological polar surface area (TPSA) is 78.5 Å². The Bertz CT molecular complexity index is 891. The number of anilines is 1. The molecule has 26 heavy (non-hydrogen) atoms. The monoisotopic (exact) mass is 375 g/mol. The minimum atomic E-state index is -1.26. The summed E-state index contributed by atoms with van der Waals surface area (Å²) >= 11 is 5.66. The van der Waals surface area contributed by atoms with Gasteiger partial charge in [-0.2, -0.15) is 0 Å². The van der Waals surface area contributed by atoms with Crippen LogP contribution in [0.5, 0.6) is 0 Å². The van der Waals surface area contributed by atoms with Crippen LogP contribution in [0, 0.1) is 5.82 Å². The molecule has 0 aliphatic carbocycles. The summed E-state index contributed by atoms with van der Waals surface area (Å²) in [6.45, 7) is 1.04. The third kappa shape index (κ3) is 3.25. The molecule has 1 heterocycles. The standard InChI is InChI=1S/C18H15ClFN3O3/c1-18(11-5-3-2-4-6-11)16(25)23(17(26)22-18)10-15(24)21-14-8-7-12(19)9-13(14)20/h2-9H,10H2,1H3,(H,21,24)(H,22,26)/t18-/m0/s1. The Morgan fingerprint density at radius 3 is 2.58 bits per heavy atom. The van der Waals surface area contributed by atoms with E-state index < -0.39 is 35.7 Å². The van der Waals surface area contributed by atoms with Gasteiger partial charge in [0.05, 0.1) is 5.69 Å². The number of hydrogen-bond acceptors (Lipinski definition) is 3. The zero-order valence-corrected chi connectivity index (χ0v) is 14.5. The lowest BCUT2D eigenvalue weighted by molar-refractivity contribution is -0.133. The Morgan fingerprint density at radius 2 is 1.92 bits per heavy atom. The van der Waals surface area contributed by atoms with Crippen molar-refractivity contribution in [3.63, 3.8) is 0 Å². The smallest absolute Gasteiger partial charge is 0.322 e. The summed E-state index contributed by atoms with van der Waals surface area (Å²) in [6.07, 6.45) is 0. The van der Waals surface area contributed by atoms with Crippen LogP contribution in [-0.4, -0.2) is 29.3 Å². The number of halogens is 2. The zero-order valence-electron chi connectivity index (χ0n) is 13.8. The van der Waals surface area contributed by atoms with Crippen molar-refractivity contribution in [2.24, 2.45) is 0 Å². The fraction of sp³-hybridized carbons (Fsp3) is 0.167. The molecule has 0 saturated carbocycles. The Morgan fingerprint density at radius 1 is 1.23 bits per heavy atom. The number of amides is 4. The molecule has 0 bridgehead atoms. The lowest BCUT2D eigenvalue weighted by Crippen LogP contribution is -2.42. The van der Waals surface area contributed by atoms with E-state index in [1.807, 2.05) is 0 Å². The Kier molecular flexibility index (Phi) is 4.65. The van der Waals surface area contributed by atoms with Crippen LogP contribution in [0.15, 0.2) is 48.5 Å². The highest BCUT2D eigenvalue weighted by atomic mass is 35.5. The van der Waals surface area contributed by atoms with Crippen LogP contribution in [0.25, 0.3) is 0 Å². The number of imide groups is 1. The summed E-state index contributed by atoms with van der Waals surface area (Å²) in [6, 6.07) is 11.8. The minimum Gasteiger partial charge on any atom is -0.322 e. The molecule has 2 aromatic rings. The average molecular weight is 376 g/mol. The molecular weight excluding hydrogens is 361 g/mol. The van der Waals surface area contributed by atoms with Gasteiger partial charge in [0.2, 0.25) is 5.91 Å². The summed E-state index contributed by atoms with van der Waals surface area (Å²) < 4.78 is 13.8. The van der Waals surface area contributed by atoms with Gasteiger partial charge in [0, 0.05) is 5.02 Å². The van der Waals surface area contributed by atoms with Gasteiger partial charge >= 0.3 is 6.03 Å². The van der Waals surface area contributed by atoms with E-state index in [0.29, 0.717) is 5.56 Å². The summed E-state index contributed by atoms with van der Waals surface area (Å²) in [4.78, 5) is 37.9. The van der Waals surface area contributed by atoms with Crippen LogP contribution in [-0.2, 0) is 15.1 Å². The number of rotatable bonds is 4. The molecule has 0 spiro atoms. The molecule has 0 aromatic heterocycles. The second kappa shape index (κ2) is 6.76. The van der Waals surface area contributed by atoms with Crippen LogP contribution >= 0.6 is 11.6 Å². The molecule has 0 radical (unpaired) electrons. The number of nitrogens with zero attached hydrogens (tertiary/aromatic N) is 1. The zero-order chi connectivity index (χ0) is 18.9. The Labute approximate surface area is 153 Å². The van der Waals surface area contributed by atoms with Gasteiger partial charge in [0.15, 0.2) is 0 Å². The fourth-order valence-electron chi connectivity index (χ4n) is 2.73. The van der Waals surface area contributed by atoms with E-state index in [4.69, 9.17) is 11.6 Å². The van der Waals surface area contributed by atoms with Crippen LogP contribution in [0.2, 0.25) is 5.02 Å². The first kappa shape index (κ1) is 17.9. The van der Waals surface area contributed by atoms with E-state index in [1.54, 1.807) is 37.3 Å². The SMILES string of the molecule is C[C@@]1(c2ccccc2)NC(=O)N(CC(=O)Nc2ccc(Cl)cc2F)C1=O. The van der Waals surface area contributed by atoms with Crippen molar-refractivity contribution in [2.45, 2.75) is 12.5 Å². The number of benzene rings is 2. The molecule has 2 N–H and O–H groups in total. The van der Waals surface area contributed by atoms with Crippen LogP contribution in [0.1, 0.15) is 12.5 Å². The van der Waals surface area contributed by atoms with Crippen molar-refractivity contribution in [3.8, 4) is 0 Å². The molecule has 1 aliphatic heterocycles. The Balaban J connectivity index is 1.74. The molecule has 1 saturated heterocycles. The van der Waals surface area contributed by atoms with Gasteiger partial charge in [-0.25, -0.2) is 9.18 Å². The summed E-state index contributed by atoms with van der Waals surface area (Å²) in [7, 11) is 0. The number of nitrogens with one attached hydrogen (secondary N) is 2. The van der Waals surface area contributed by atoms with E-state index in [-0.39, 0.29) is 10.7 Å². The summed E-state index contributed by atoms with van der Waals surface area (Å²) in [5.41, 5.74) is -0.744. The molecule has 3 rings (SSSR count). The molecule has 6 nitrogen and oxygen atoms in total. The predicted octanol–water partition coefficient (Wildman–Crippen LogP) is 2.88. The van der Waals surface area contributed by atoms with Crippen molar-refractivity contribution in [1.82, 2.24) is 10.2 Å². The van der Waals surface area contributed by atoms with E-state index >= 15 is 0 Å². The van der Waals surface area contributed by atoms with Crippen molar-refractivity contribution in [3.05, 3.63) is 64.9 Å². The van der Waals surface area contributed by atoms with Crippen molar-refractivity contribution in [1.29, 1.82) is 0 Å². The highest BCUT2D eigenvalue weighted by Gasteiger charge is 2.49. The van der Waals surface area contributed by atoms with Crippen molar-refractivity contribution < 1.29 is 18.8 Å². The van der Waals surface area contributed by atoms with Gasteiger partial charge in [-0.1, -0.05) is 41.9 Å². The van der Waals surface area contributed by atoms with Gasteiger partial charge in [0.1, 0.15) is 17.9 Å². The highest BCUT2D eigenvalue weighted by molar-refractivity contribution is 6.30. The van der Waals surface area contributed by atoms with Crippen LogP contribution in [0.4, 0.5) is 14.9 Å². The normalized spacial score (nSPS) is 19.4. The molecule has 8 heteroatoms. The first-order valence-corrected chi connectivity index (χ1v) is 8.13. The van der Waals surface area contributed by atoms with E-state index in [2.05, 4.69) is 10.6 Å². The fourth-order valence-corrected chi connectivity index (χ4v) is 2.89. The number of urea groups is 1. The van der Waals surface area contributed by atoms with Crippen molar-refractivity contribution >= 4 is 35.1 Å². The van der Waals surface area contributed by atoms with Crippen LogP contribution in [0.3, 0.4) is 0 Å². The highest BCUT2D eigenvalue weighted by Crippen LogP contribution is 2.28. The minimum absolute atomic E-state index is 0.0859. The quantitative estimate of drug-likeness (QED) is 0.806. The van der Waals surface area contributed by atoms with E-state index in [9.17, 15) is 18.8 Å². The third-order valence-electron chi connectivity index (χ3n) is 4.13. The van der Waals surface area contributed by atoms with E-state index in [0.717, 1.165) is 11.0 Å². The first-order valence-electron chi connectivity index (χ1n) is 7.76. The Hall–Kier alpha value is -2.93. The molecule has 134 valence electrons. The molecule has 2 aromatic carbocycles. The van der Waals surface area contributed by atoms with Gasteiger partial charge in [-0.05, 0) is 30.7 Å². The molecule has 0 unspecified atom stereocenters. The van der Waals surface area contributed by atoms with Gasteiger partial charge < -0.3 is 10.6 Å². The average Bonchev–Trinajstić information content (AvgIpc) is 2.82. The maximum Gasteiger partial charge on any atom is 0.325 e. The number of carbonyl (C=O) groups is 3. The van der Waals surface area contributed by atoms with Crippen molar-refractivity contribution in [2.75, 3.05) is 11.9 Å². The second-order valence-electron chi connectivity index (χ2n) is 5.98. The van der Waals surface area contributed by atoms with E-state index in [1.165, 1.54) is 12.1 Å². The number of carbonyl (C=O) groups excluding carboxylic acids is 3. The first-order chi connectivity index (χ1) is 12.3. The van der Waals surface area contributed by atoms with Gasteiger partial charge in [-0.3, -0.25) is 14.5 Å². The largest absolute Gasteiger partial charge is 0.325 e. The lowest BCUT2D eigenvalue weighted by Gasteiger charge is -2.22. The maximum absolute atomic E-state index is 13.8. The van der Waals surface area contributed by atoms with Gasteiger partial charge in [-0.15, -0.1) is 0 Å². The molecular formula is C18H15ClFN3O3. The molecule has 1 aliphatic rings. The molecule has 1 fully saturated rings. The predicted molar refractivity (Wildman–Crippen MR) is 94.1 cm³/mol. The maximum atomic E-state index is 13.8. The number of hydrogen-bond donors (Lipinski definition) is 2. The molecule has 4 amide bonds. The summed E-state index contributed by atoms with van der Waals surface area (Å²) in [5, 5.41) is 5.11. The van der Waals surface area contributed by atoms with Gasteiger partial charge in [0.25, 0.3) is 5.91 Å². The molecule has 1 atom stereocenters. The van der Waals surface area contributed by atoms with Crippen LogP contribution < -0.4 is 10.6 Å². The lowest BCUT2D eigenvalue weighted by atomic mass is 9.92. The summed E-state index contributed by atoms with van der Waals surface area (Å²) in [5.74, 6) is -1.97.